The Morgan fingerprint density at radius 3 is 2.76 bits per heavy atom. The van der Waals surface area contributed by atoms with Gasteiger partial charge in [-0.05, 0) is 18.8 Å². The van der Waals surface area contributed by atoms with Crippen LogP contribution in [0.25, 0.3) is 0 Å². The summed E-state index contributed by atoms with van der Waals surface area (Å²) in [4.78, 5) is 0. The van der Waals surface area contributed by atoms with Crippen molar-refractivity contribution in [3.05, 3.63) is 5.69 Å². The minimum Gasteiger partial charge on any atom is -0.381 e. The zero-order valence-corrected chi connectivity index (χ0v) is 11.1. The monoisotopic (exact) mass is 240 g/mol. The van der Waals surface area contributed by atoms with Crippen molar-refractivity contribution >= 4 is 5.82 Å². The first kappa shape index (κ1) is 14.0. The highest BCUT2D eigenvalue weighted by Gasteiger charge is 2.08. The molecule has 1 rings (SSSR count). The number of anilines is 1. The number of hydrogen-bond donors (Lipinski definition) is 1. The summed E-state index contributed by atoms with van der Waals surface area (Å²) < 4.78 is 7.42. The van der Waals surface area contributed by atoms with E-state index >= 15 is 0 Å². The Hall–Kier alpha value is -1.10. The van der Waals surface area contributed by atoms with E-state index in [1.54, 1.807) is 0 Å². The molecule has 0 aliphatic rings. The van der Waals surface area contributed by atoms with Crippen LogP contribution in [0, 0.1) is 5.92 Å². The predicted octanol–water partition coefficient (Wildman–Crippen LogP) is 1.88. The fourth-order valence-corrected chi connectivity index (χ4v) is 1.59. The maximum absolute atomic E-state index is 5.76. The Morgan fingerprint density at radius 1 is 1.35 bits per heavy atom. The van der Waals surface area contributed by atoms with Gasteiger partial charge in [0, 0.05) is 6.61 Å². The van der Waals surface area contributed by atoms with E-state index in [2.05, 4.69) is 31.1 Å². The molecule has 0 amide bonds. The third kappa shape index (κ3) is 4.73. The lowest BCUT2D eigenvalue weighted by Crippen LogP contribution is -2.12. The standard InChI is InChI=1S/C12H24N4O/c1-4-5-11-12(13)14-15-16(11)7-9-17-8-6-10(2)3/h10H,4-9,13H2,1-3H3. The van der Waals surface area contributed by atoms with Crippen LogP contribution < -0.4 is 5.73 Å². The van der Waals surface area contributed by atoms with E-state index in [1.165, 1.54) is 0 Å². The summed E-state index contributed by atoms with van der Waals surface area (Å²) >= 11 is 0. The Kier molecular flexibility index (Phi) is 5.97. The molecule has 0 aliphatic carbocycles. The molecule has 1 aromatic heterocycles. The first-order valence-corrected chi connectivity index (χ1v) is 6.40. The SMILES string of the molecule is CCCc1c(N)nnn1CCOCCC(C)C. The highest BCUT2D eigenvalue weighted by Crippen LogP contribution is 2.09. The number of hydrogen-bond acceptors (Lipinski definition) is 4. The predicted molar refractivity (Wildman–Crippen MR) is 68.7 cm³/mol. The van der Waals surface area contributed by atoms with Gasteiger partial charge in [-0.3, -0.25) is 0 Å². The molecule has 0 fully saturated rings. The maximum atomic E-state index is 5.76. The molecule has 17 heavy (non-hydrogen) atoms. The van der Waals surface area contributed by atoms with Gasteiger partial charge in [-0.25, -0.2) is 4.68 Å². The summed E-state index contributed by atoms with van der Waals surface area (Å²) in [5, 5.41) is 7.93. The van der Waals surface area contributed by atoms with Crippen LogP contribution in [0.2, 0.25) is 0 Å². The topological polar surface area (TPSA) is 66.0 Å². The molecule has 1 heterocycles. The molecule has 0 atom stereocenters. The lowest BCUT2D eigenvalue weighted by molar-refractivity contribution is 0.113. The van der Waals surface area contributed by atoms with Gasteiger partial charge in [0.15, 0.2) is 5.82 Å². The maximum Gasteiger partial charge on any atom is 0.169 e. The third-order valence-corrected chi connectivity index (χ3v) is 2.64. The minimum atomic E-state index is 0.550. The summed E-state index contributed by atoms with van der Waals surface area (Å²) in [6, 6.07) is 0. The van der Waals surface area contributed by atoms with Crippen LogP contribution in [-0.2, 0) is 17.7 Å². The van der Waals surface area contributed by atoms with Crippen LogP contribution in [0.4, 0.5) is 5.82 Å². The van der Waals surface area contributed by atoms with E-state index < -0.39 is 0 Å². The molecule has 0 saturated carbocycles. The number of ether oxygens (including phenoxy) is 1. The highest BCUT2D eigenvalue weighted by atomic mass is 16.5. The third-order valence-electron chi connectivity index (χ3n) is 2.64. The van der Waals surface area contributed by atoms with Crippen LogP contribution in [-0.4, -0.2) is 28.2 Å². The van der Waals surface area contributed by atoms with Gasteiger partial charge in [-0.15, -0.1) is 5.10 Å². The molecule has 0 spiro atoms. The molecule has 0 radical (unpaired) electrons. The average molecular weight is 240 g/mol. The number of nitrogens with zero attached hydrogens (tertiary/aromatic N) is 3. The van der Waals surface area contributed by atoms with Crippen LogP contribution in [0.1, 0.15) is 39.3 Å². The molecule has 98 valence electrons. The van der Waals surface area contributed by atoms with Gasteiger partial charge in [0.2, 0.25) is 0 Å². The van der Waals surface area contributed by atoms with E-state index in [0.29, 0.717) is 18.3 Å². The minimum absolute atomic E-state index is 0.550. The van der Waals surface area contributed by atoms with E-state index in [-0.39, 0.29) is 0 Å². The highest BCUT2D eigenvalue weighted by molar-refractivity contribution is 5.32. The largest absolute Gasteiger partial charge is 0.381 e. The second-order valence-corrected chi connectivity index (χ2v) is 4.69. The summed E-state index contributed by atoms with van der Waals surface area (Å²) in [7, 11) is 0. The van der Waals surface area contributed by atoms with Crippen molar-refractivity contribution in [2.24, 2.45) is 5.92 Å². The Balaban J connectivity index is 2.31. The van der Waals surface area contributed by atoms with Gasteiger partial charge in [0.05, 0.1) is 18.8 Å². The lowest BCUT2D eigenvalue weighted by atomic mass is 10.1. The Bertz CT molecular complexity index is 322. The van der Waals surface area contributed by atoms with Crippen LogP contribution in [0.15, 0.2) is 0 Å². The molecule has 0 aromatic carbocycles. The zero-order valence-electron chi connectivity index (χ0n) is 11.1. The molecular formula is C12H24N4O. The summed E-state index contributed by atoms with van der Waals surface area (Å²) in [6.45, 7) is 8.73. The normalized spacial score (nSPS) is 11.3. The molecular weight excluding hydrogens is 216 g/mol. The fraction of sp³-hybridized carbons (Fsp3) is 0.833. The number of aromatic nitrogens is 3. The summed E-state index contributed by atoms with van der Waals surface area (Å²) in [5.41, 5.74) is 6.79. The van der Waals surface area contributed by atoms with Gasteiger partial charge in [0.1, 0.15) is 0 Å². The average Bonchev–Trinajstić information content (AvgIpc) is 2.61. The van der Waals surface area contributed by atoms with Crippen molar-refractivity contribution in [3.63, 3.8) is 0 Å². The van der Waals surface area contributed by atoms with Crippen molar-refractivity contribution in [2.45, 2.75) is 46.6 Å². The molecule has 0 saturated heterocycles. The van der Waals surface area contributed by atoms with Crippen LogP contribution in [0.5, 0.6) is 0 Å². The van der Waals surface area contributed by atoms with E-state index in [9.17, 15) is 0 Å². The summed E-state index contributed by atoms with van der Waals surface area (Å²) in [5.74, 6) is 1.24. The molecule has 0 aliphatic heterocycles. The Labute approximate surface area is 103 Å². The van der Waals surface area contributed by atoms with Crippen molar-refractivity contribution in [2.75, 3.05) is 18.9 Å². The number of nitrogens with two attached hydrogens (primary N) is 1. The zero-order chi connectivity index (χ0) is 12.7. The molecule has 1 aromatic rings. The van der Waals surface area contributed by atoms with Crippen molar-refractivity contribution in [1.29, 1.82) is 0 Å². The van der Waals surface area contributed by atoms with E-state index in [4.69, 9.17) is 10.5 Å². The molecule has 2 N–H and O–H groups in total. The fourth-order valence-electron chi connectivity index (χ4n) is 1.59. The molecule has 5 nitrogen and oxygen atoms in total. The van der Waals surface area contributed by atoms with Gasteiger partial charge in [-0.2, -0.15) is 0 Å². The molecule has 0 unspecified atom stereocenters. The smallest absolute Gasteiger partial charge is 0.169 e. The first-order chi connectivity index (χ1) is 8.15. The second kappa shape index (κ2) is 7.27. The van der Waals surface area contributed by atoms with Crippen molar-refractivity contribution in [1.82, 2.24) is 15.0 Å². The van der Waals surface area contributed by atoms with Gasteiger partial charge >= 0.3 is 0 Å². The van der Waals surface area contributed by atoms with Gasteiger partial charge in [0.25, 0.3) is 0 Å². The number of nitrogen functional groups attached to an aromatic ring is 1. The van der Waals surface area contributed by atoms with E-state index in [0.717, 1.165) is 38.1 Å². The van der Waals surface area contributed by atoms with Crippen LogP contribution >= 0.6 is 0 Å². The van der Waals surface area contributed by atoms with Gasteiger partial charge in [-0.1, -0.05) is 32.4 Å². The Morgan fingerprint density at radius 2 is 2.12 bits per heavy atom. The molecule has 0 bridgehead atoms. The quantitative estimate of drug-likeness (QED) is 0.704. The first-order valence-electron chi connectivity index (χ1n) is 6.40. The lowest BCUT2D eigenvalue weighted by Gasteiger charge is -2.08. The van der Waals surface area contributed by atoms with Crippen LogP contribution in [0.3, 0.4) is 0 Å². The number of rotatable bonds is 8. The van der Waals surface area contributed by atoms with Crippen molar-refractivity contribution in [3.8, 4) is 0 Å². The second-order valence-electron chi connectivity index (χ2n) is 4.69. The summed E-state index contributed by atoms with van der Waals surface area (Å²) in [6.07, 6.45) is 3.07. The van der Waals surface area contributed by atoms with Gasteiger partial charge < -0.3 is 10.5 Å². The molecule has 5 heteroatoms. The van der Waals surface area contributed by atoms with E-state index in [1.807, 2.05) is 4.68 Å². The van der Waals surface area contributed by atoms with Crippen molar-refractivity contribution < 1.29 is 4.74 Å².